The van der Waals surface area contributed by atoms with E-state index in [1.165, 1.54) is 0 Å². The third-order valence-corrected chi connectivity index (χ3v) is 14.8. The number of halogens is 7. The van der Waals surface area contributed by atoms with Crippen LogP contribution in [0.3, 0.4) is 0 Å². The molecule has 0 aromatic heterocycles. The van der Waals surface area contributed by atoms with Crippen molar-refractivity contribution in [3.8, 4) is 0 Å². The standard InChI is InChI=1S/C18H17ClF6O4S2Si/c19-32(14-8-3-1-4-9-14,15-10-5-2-6-11-15)13-7-12-16(30(26,27)17(20,21)22)31(28,29)18(23,24)25/h1-6,8-11,16H,7,12-13H2. The van der Waals surface area contributed by atoms with Gasteiger partial charge in [-0.05, 0) is 22.8 Å². The van der Waals surface area contributed by atoms with Crippen molar-refractivity contribution < 1.29 is 43.2 Å². The number of hydrogen-bond acceptors (Lipinski definition) is 4. The zero-order valence-corrected chi connectivity index (χ0v) is 19.5. The average molecular weight is 539 g/mol. The summed E-state index contributed by atoms with van der Waals surface area (Å²) in [5.41, 5.74) is -12.4. The minimum atomic E-state index is -6.66. The zero-order valence-electron chi connectivity index (χ0n) is 16.1. The molecule has 0 spiro atoms. The summed E-state index contributed by atoms with van der Waals surface area (Å²) in [5.74, 6) is 0. The number of rotatable bonds is 8. The number of hydrogen-bond donors (Lipinski definition) is 0. The van der Waals surface area contributed by atoms with Gasteiger partial charge < -0.3 is 0 Å². The van der Waals surface area contributed by atoms with Gasteiger partial charge in [-0.1, -0.05) is 67.1 Å². The first kappa shape index (κ1) is 26.7. The summed E-state index contributed by atoms with van der Waals surface area (Å²) >= 11 is 6.88. The van der Waals surface area contributed by atoms with Crippen molar-refractivity contribution in [2.75, 3.05) is 0 Å². The van der Waals surface area contributed by atoms with Gasteiger partial charge in [0.1, 0.15) is 0 Å². The molecule has 0 radical (unpaired) electrons. The summed E-state index contributed by atoms with van der Waals surface area (Å²) in [6, 6.07) is 16.3. The van der Waals surface area contributed by atoms with E-state index in [1.807, 2.05) is 0 Å². The van der Waals surface area contributed by atoms with Gasteiger partial charge in [0.2, 0.25) is 7.38 Å². The van der Waals surface area contributed by atoms with Crippen LogP contribution >= 0.6 is 11.1 Å². The molecule has 0 amide bonds. The van der Waals surface area contributed by atoms with E-state index in [9.17, 15) is 43.2 Å². The summed E-state index contributed by atoms with van der Waals surface area (Å²) in [7, 11) is -16.6. The molecule has 0 fully saturated rings. The van der Waals surface area contributed by atoms with Gasteiger partial charge in [-0.25, -0.2) is 16.8 Å². The molecule has 0 aliphatic heterocycles. The van der Waals surface area contributed by atoms with E-state index in [2.05, 4.69) is 0 Å². The highest BCUT2D eigenvalue weighted by Crippen LogP contribution is 2.38. The molecule has 0 atom stereocenters. The van der Waals surface area contributed by atoms with Gasteiger partial charge >= 0.3 is 11.0 Å². The van der Waals surface area contributed by atoms with Crippen LogP contribution in [0.25, 0.3) is 0 Å². The maximum absolute atomic E-state index is 13.0. The van der Waals surface area contributed by atoms with Crippen molar-refractivity contribution in [1.29, 1.82) is 0 Å². The highest BCUT2D eigenvalue weighted by Gasteiger charge is 2.62. The van der Waals surface area contributed by atoms with Gasteiger partial charge in [-0.3, -0.25) is 0 Å². The summed E-state index contributed by atoms with van der Waals surface area (Å²) in [6.45, 7) is 0. The Morgan fingerprint density at radius 1 is 0.719 bits per heavy atom. The first-order chi connectivity index (χ1) is 14.5. The maximum atomic E-state index is 13.0. The van der Waals surface area contributed by atoms with Gasteiger partial charge in [-0.15, -0.1) is 0 Å². The van der Waals surface area contributed by atoms with E-state index in [-0.39, 0.29) is 6.04 Å². The summed E-state index contributed by atoms with van der Waals surface area (Å²) < 4.78 is 121. The van der Waals surface area contributed by atoms with Gasteiger partial charge in [0.15, 0.2) is 4.58 Å². The van der Waals surface area contributed by atoms with E-state index in [4.69, 9.17) is 11.1 Å². The largest absolute Gasteiger partial charge is 0.498 e. The molecule has 0 aliphatic carbocycles. The lowest BCUT2D eigenvalue weighted by atomic mass is 10.4. The Hall–Kier alpha value is -1.57. The van der Waals surface area contributed by atoms with Crippen molar-refractivity contribution in [3.05, 3.63) is 60.7 Å². The molecule has 2 aromatic carbocycles. The van der Waals surface area contributed by atoms with E-state index >= 15 is 0 Å². The molecule has 0 heterocycles. The van der Waals surface area contributed by atoms with E-state index in [1.54, 1.807) is 60.7 Å². The van der Waals surface area contributed by atoms with Gasteiger partial charge in [0.25, 0.3) is 19.7 Å². The minimum Gasteiger partial charge on any atom is -0.218 e. The SMILES string of the molecule is O=S(=O)(C(CCC[Si](Cl)(c1ccccc1)c1ccccc1)S(=O)(=O)C(F)(F)F)C(F)(F)F. The van der Waals surface area contributed by atoms with Crippen LogP contribution < -0.4 is 10.4 Å². The van der Waals surface area contributed by atoms with Crippen LogP contribution in [0, 0.1) is 0 Å². The first-order valence-electron chi connectivity index (χ1n) is 8.95. The molecule has 0 unspecified atom stereocenters. The summed E-state index contributed by atoms with van der Waals surface area (Å²) in [5, 5.41) is 1.17. The second-order valence-corrected chi connectivity index (χ2v) is 16.6. The Labute approximate surface area is 186 Å². The smallest absolute Gasteiger partial charge is 0.218 e. The van der Waals surface area contributed by atoms with Crippen molar-refractivity contribution in [2.24, 2.45) is 0 Å². The fraction of sp³-hybridized carbons (Fsp3) is 0.333. The number of benzene rings is 2. The van der Waals surface area contributed by atoms with Crippen molar-refractivity contribution in [2.45, 2.75) is 34.5 Å². The molecular weight excluding hydrogens is 522 g/mol. The topological polar surface area (TPSA) is 68.3 Å². The zero-order chi connectivity index (χ0) is 24.4. The Balaban J connectivity index is 2.44. The van der Waals surface area contributed by atoms with Crippen LogP contribution in [0.15, 0.2) is 60.7 Å². The number of alkyl halides is 6. The minimum absolute atomic E-state index is 0.195. The van der Waals surface area contributed by atoms with E-state index < -0.39 is 55.5 Å². The molecule has 0 saturated carbocycles. The Morgan fingerprint density at radius 2 is 1.06 bits per heavy atom. The van der Waals surface area contributed by atoms with E-state index in [0.29, 0.717) is 10.4 Å². The lowest BCUT2D eigenvalue weighted by molar-refractivity contribution is -0.0472. The summed E-state index contributed by atoms with van der Waals surface area (Å²) in [6.07, 6.45) is -2.01. The van der Waals surface area contributed by atoms with Crippen molar-refractivity contribution >= 4 is 48.5 Å². The Morgan fingerprint density at radius 3 is 1.38 bits per heavy atom. The highest BCUT2D eigenvalue weighted by molar-refractivity contribution is 8.09. The Bertz CT molecular complexity index is 1040. The molecule has 0 aliphatic rings. The second-order valence-electron chi connectivity index (χ2n) is 6.84. The molecule has 4 nitrogen and oxygen atoms in total. The van der Waals surface area contributed by atoms with Crippen LogP contribution in [0.5, 0.6) is 0 Å². The third kappa shape index (κ3) is 5.32. The average Bonchev–Trinajstić information content (AvgIpc) is 2.70. The van der Waals surface area contributed by atoms with Crippen LogP contribution in [-0.4, -0.2) is 39.8 Å². The molecule has 2 rings (SSSR count). The third-order valence-electron chi connectivity index (χ3n) is 4.76. The molecule has 32 heavy (non-hydrogen) atoms. The molecule has 0 N–H and O–H groups in total. The van der Waals surface area contributed by atoms with Gasteiger partial charge in [0, 0.05) is 0 Å². The van der Waals surface area contributed by atoms with Crippen molar-refractivity contribution in [3.63, 3.8) is 0 Å². The maximum Gasteiger partial charge on any atom is 0.498 e. The monoisotopic (exact) mass is 538 g/mol. The normalized spacial score (nSPS) is 14.0. The molecule has 0 saturated heterocycles. The fourth-order valence-electron chi connectivity index (χ4n) is 3.15. The molecular formula is C18H17ClF6O4S2Si. The van der Waals surface area contributed by atoms with E-state index in [0.717, 1.165) is 0 Å². The van der Waals surface area contributed by atoms with Gasteiger partial charge in [-0.2, -0.15) is 37.4 Å². The second kappa shape index (κ2) is 9.35. The highest BCUT2D eigenvalue weighted by atomic mass is 35.6. The predicted molar refractivity (Wildman–Crippen MR) is 112 cm³/mol. The van der Waals surface area contributed by atoms with Crippen LogP contribution in [0.2, 0.25) is 6.04 Å². The number of sulfone groups is 2. The molecule has 14 heteroatoms. The lowest BCUT2D eigenvalue weighted by Crippen LogP contribution is -2.53. The first-order valence-corrected chi connectivity index (χ1v) is 15.3. The van der Waals surface area contributed by atoms with Crippen LogP contribution in [-0.2, 0) is 19.7 Å². The summed E-state index contributed by atoms with van der Waals surface area (Å²) in [4.78, 5) is 0. The van der Waals surface area contributed by atoms with Crippen LogP contribution in [0.4, 0.5) is 26.3 Å². The molecule has 0 bridgehead atoms. The predicted octanol–water partition coefficient (Wildman–Crippen LogP) is 3.96. The molecule has 2 aromatic rings. The lowest BCUT2D eigenvalue weighted by Gasteiger charge is -2.27. The fourth-order valence-corrected chi connectivity index (χ4v) is 10.9. The van der Waals surface area contributed by atoms with Crippen molar-refractivity contribution in [1.82, 2.24) is 0 Å². The quantitative estimate of drug-likeness (QED) is 0.290. The Kier molecular flexibility index (Phi) is 7.80. The molecule has 178 valence electrons. The van der Waals surface area contributed by atoms with Gasteiger partial charge in [0.05, 0.1) is 0 Å². The van der Waals surface area contributed by atoms with Crippen LogP contribution in [0.1, 0.15) is 12.8 Å².